The molecule has 118 valence electrons. The Balaban J connectivity index is 1.84. The van der Waals surface area contributed by atoms with Gasteiger partial charge in [0.2, 0.25) is 5.88 Å². The maximum Gasteiger partial charge on any atom is 0.218 e. The van der Waals surface area contributed by atoms with Gasteiger partial charge in [0.05, 0.1) is 6.10 Å². The highest BCUT2D eigenvalue weighted by molar-refractivity contribution is 9.10. The van der Waals surface area contributed by atoms with E-state index >= 15 is 0 Å². The first kappa shape index (κ1) is 16.8. The van der Waals surface area contributed by atoms with E-state index in [0.717, 1.165) is 28.9 Å². The van der Waals surface area contributed by atoms with E-state index in [1.807, 2.05) is 6.20 Å². The Labute approximate surface area is 137 Å². The summed E-state index contributed by atoms with van der Waals surface area (Å²) in [5.74, 6) is 0.786. The van der Waals surface area contributed by atoms with Crippen LogP contribution >= 0.6 is 15.9 Å². The average molecular weight is 355 g/mol. The van der Waals surface area contributed by atoms with Gasteiger partial charge in [-0.3, -0.25) is 0 Å². The van der Waals surface area contributed by atoms with Crippen LogP contribution in [0.25, 0.3) is 0 Å². The third-order valence-corrected chi connectivity index (χ3v) is 4.26. The highest BCUT2D eigenvalue weighted by Crippen LogP contribution is 2.24. The number of halogens is 1. The summed E-state index contributed by atoms with van der Waals surface area (Å²) in [5.41, 5.74) is 1.15. The molecule has 21 heavy (non-hydrogen) atoms. The number of nitrogens with zero attached hydrogens (tertiary/aromatic N) is 1. The van der Waals surface area contributed by atoms with Crippen molar-refractivity contribution in [3.63, 3.8) is 0 Å². The zero-order valence-corrected chi connectivity index (χ0v) is 14.8. The predicted octanol–water partition coefficient (Wildman–Crippen LogP) is 4.83. The number of ether oxygens (including phenoxy) is 1. The predicted molar refractivity (Wildman–Crippen MR) is 90.6 cm³/mol. The summed E-state index contributed by atoms with van der Waals surface area (Å²) in [5, 5.41) is 3.53. The first-order chi connectivity index (χ1) is 10.2. The Bertz CT molecular complexity index is 435. The number of aromatic nitrogens is 1. The minimum Gasteiger partial charge on any atom is -0.474 e. The standard InChI is InChI=1S/C17H27BrN2O/c1-3-4-5-6-7-13(2)21-17-14(10-15(18)12-20-17)11-19-16-8-9-16/h10,12-13,16,19H,3-9,11H2,1-2H3. The second-order valence-electron chi connectivity index (χ2n) is 6.05. The molecule has 0 bridgehead atoms. The Hall–Kier alpha value is -0.610. The molecule has 0 saturated heterocycles. The minimum absolute atomic E-state index is 0.232. The molecule has 3 nitrogen and oxygen atoms in total. The van der Waals surface area contributed by atoms with Gasteiger partial charge in [-0.1, -0.05) is 26.2 Å². The number of nitrogens with one attached hydrogen (secondary N) is 1. The van der Waals surface area contributed by atoms with E-state index in [0.29, 0.717) is 6.04 Å². The van der Waals surface area contributed by atoms with E-state index < -0.39 is 0 Å². The van der Waals surface area contributed by atoms with Crippen LogP contribution in [0.1, 0.15) is 64.4 Å². The Morgan fingerprint density at radius 1 is 1.38 bits per heavy atom. The van der Waals surface area contributed by atoms with Gasteiger partial charge in [0.1, 0.15) is 0 Å². The summed E-state index contributed by atoms with van der Waals surface area (Å²) in [7, 11) is 0. The average Bonchev–Trinajstić information content (AvgIpc) is 3.28. The smallest absolute Gasteiger partial charge is 0.218 e. The molecule has 1 aliphatic carbocycles. The maximum absolute atomic E-state index is 6.06. The molecule has 1 N–H and O–H groups in total. The van der Waals surface area contributed by atoms with E-state index in [9.17, 15) is 0 Å². The molecule has 0 amide bonds. The molecular weight excluding hydrogens is 328 g/mol. The molecule has 1 atom stereocenters. The van der Waals surface area contributed by atoms with Crippen LogP contribution in [0.5, 0.6) is 5.88 Å². The summed E-state index contributed by atoms with van der Waals surface area (Å²) in [4.78, 5) is 4.45. The largest absolute Gasteiger partial charge is 0.474 e. The lowest BCUT2D eigenvalue weighted by Gasteiger charge is -2.17. The molecule has 0 aliphatic heterocycles. The first-order valence-corrected chi connectivity index (χ1v) is 9.02. The summed E-state index contributed by atoms with van der Waals surface area (Å²) in [6, 6.07) is 2.81. The topological polar surface area (TPSA) is 34.1 Å². The van der Waals surface area contributed by atoms with Gasteiger partial charge in [0.15, 0.2) is 0 Å². The molecule has 1 aliphatic rings. The zero-order valence-electron chi connectivity index (χ0n) is 13.2. The zero-order chi connectivity index (χ0) is 15.1. The fraction of sp³-hybridized carbons (Fsp3) is 0.706. The van der Waals surface area contributed by atoms with E-state index in [1.165, 1.54) is 38.5 Å². The van der Waals surface area contributed by atoms with Crippen LogP contribution in [0.4, 0.5) is 0 Å². The van der Waals surface area contributed by atoms with Crippen LogP contribution in [-0.2, 0) is 6.54 Å². The Morgan fingerprint density at radius 2 is 2.19 bits per heavy atom. The van der Waals surface area contributed by atoms with Crippen LogP contribution in [0, 0.1) is 0 Å². The fourth-order valence-electron chi connectivity index (χ4n) is 2.35. The van der Waals surface area contributed by atoms with Gasteiger partial charge in [0, 0.05) is 28.8 Å². The summed E-state index contributed by atoms with van der Waals surface area (Å²) < 4.78 is 7.07. The molecule has 0 radical (unpaired) electrons. The fourth-order valence-corrected chi connectivity index (χ4v) is 2.73. The van der Waals surface area contributed by atoms with Gasteiger partial charge >= 0.3 is 0 Å². The van der Waals surface area contributed by atoms with E-state index in [2.05, 4.69) is 46.1 Å². The van der Waals surface area contributed by atoms with Crippen LogP contribution in [0.3, 0.4) is 0 Å². The second kappa shape index (κ2) is 8.74. The highest BCUT2D eigenvalue weighted by Gasteiger charge is 2.21. The van der Waals surface area contributed by atoms with Gasteiger partial charge in [0.25, 0.3) is 0 Å². The van der Waals surface area contributed by atoms with Gasteiger partial charge in [-0.05, 0) is 54.6 Å². The van der Waals surface area contributed by atoms with Gasteiger partial charge in [-0.25, -0.2) is 4.98 Å². The molecule has 1 fully saturated rings. The monoisotopic (exact) mass is 354 g/mol. The van der Waals surface area contributed by atoms with E-state index in [1.54, 1.807) is 0 Å². The van der Waals surface area contributed by atoms with Crippen LogP contribution < -0.4 is 10.1 Å². The molecule has 1 unspecified atom stereocenters. The summed E-state index contributed by atoms with van der Waals surface area (Å²) >= 11 is 3.50. The third-order valence-electron chi connectivity index (χ3n) is 3.83. The van der Waals surface area contributed by atoms with Gasteiger partial charge in [-0.2, -0.15) is 0 Å². The Kier molecular flexibility index (Phi) is 6.97. The summed E-state index contributed by atoms with van der Waals surface area (Å²) in [6.07, 6.45) is 10.9. The van der Waals surface area contributed by atoms with Gasteiger partial charge < -0.3 is 10.1 Å². The van der Waals surface area contributed by atoms with Crippen molar-refractivity contribution in [3.05, 3.63) is 22.3 Å². The molecule has 1 saturated carbocycles. The van der Waals surface area contributed by atoms with Crippen molar-refractivity contribution in [2.45, 2.75) is 77.5 Å². The molecule has 4 heteroatoms. The molecule has 1 heterocycles. The maximum atomic E-state index is 6.06. The molecule has 1 aromatic rings. The molecule has 2 rings (SSSR count). The molecular formula is C17H27BrN2O. The third kappa shape index (κ3) is 6.35. The molecule has 0 aromatic carbocycles. The van der Waals surface area contributed by atoms with Crippen LogP contribution in [0.15, 0.2) is 16.7 Å². The van der Waals surface area contributed by atoms with Crippen molar-refractivity contribution < 1.29 is 4.74 Å². The number of rotatable bonds is 10. The van der Waals surface area contributed by atoms with Crippen LogP contribution in [0.2, 0.25) is 0 Å². The van der Waals surface area contributed by atoms with E-state index in [4.69, 9.17) is 4.74 Å². The number of pyridine rings is 1. The number of hydrogen-bond donors (Lipinski definition) is 1. The number of hydrogen-bond acceptors (Lipinski definition) is 3. The molecule has 1 aromatic heterocycles. The summed E-state index contributed by atoms with van der Waals surface area (Å²) in [6.45, 7) is 5.23. The van der Waals surface area contributed by atoms with Crippen molar-refractivity contribution >= 4 is 15.9 Å². The van der Waals surface area contributed by atoms with Crippen LogP contribution in [-0.4, -0.2) is 17.1 Å². The van der Waals surface area contributed by atoms with Gasteiger partial charge in [-0.15, -0.1) is 0 Å². The Morgan fingerprint density at radius 3 is 2.90 bits per heavy atom. The number of unbranched alkanes of at least 4 members (excludes halogenated alkanes) is 3. The quantitative estimate of drug-likeness (QED) is 0.610. The first-order valence-electron chi connectivity index (χ1n) is 8.23. The van der Waals surface area contributed by atoms with E-state index in [-0.39, 0.29) is 6.10 Å². The minimum atomic E-state index is 0.232. The highest BCUT2D eigenvalue weighted by atomic mass is 79.9. The van der Waals surface area contributed by atoms with Crippen molar-refractivity contribution in [3.8, 4) is 5.88 Å². The lowest BCUT2D eigenvalue weighted by Crippen LogP contribution is -2.19. The van der Waals surface area contributed by atoms with Crippen molar-refractivity contribution in [1.29, 1.82) is 0 Å². The lowest BCUT2D eigenvalue weighted by molar-refractivity contribution is 0.195. The molecule has 0 spiro atoms. The van der Waals surface area contributed by atoms with Crippen molar-refractivity contribution in [2.75, 3.05) is 0 Å². The second-order valence-corrected chi connectivity index (χ2v) is 6.97. The lowest BCUT2D eigenvalue weighted by atomic mass is 10.1. The van der Waals surface area contributed by atoms with Crippen molar-refractivity contribution in [1.82, 2.24) is 10.3 Å². The SMILES string of the molecule is CCCCCCC(C)Oc1ncc(Br)cc1CNC1CC1. The van der Waals surface area contributed by atoms with Crippen molar-refractivity contribution in [2.24, 2.45) is 0 Å². The normalized spacial score (nSPS) is 16.0.